The Labute approximate surface area is 61.9 Å². The number of anilines is 1. The third-order valence-corrected chi connectivity index (χ3v) is 1.74. The van der Waals surface area contributed by atoms with Crippen LogP contribution in [0.15, 0.2) is 18.3 Å². The first-order chi connectivity index (χ1) is 4.72. The van der Waals surface area contributed by atoms with Gasteiger partial charge in [0.05, 0.1) is 0 Å². The fraction of sp³-hybridized carbons (Fsp3) is 0.500. The van der Waals surface area contributed by atoms with Crippen molar-refractivity contribution < 1.29 is 0 Å². The van der Waals surface area contributed by atoms with Gasteiger partial charge in [-0.2, -0.15) is 0 Å². The predicted molar refractivity (Wildman–Crippen MR) is 44.3 cm³/mol. The highest BCUT2D eigenvalue weighted by molar-refractivity contribution is 5.38. The lowest BCUT2D eigenvalue weighted by Crippen LogP contribution is -2.25. The molecule has 0 bridgehead atoms. The molecule has 0 atom stereocenters. The van der Waals surface area contributed by atoms with Crippen molar-refractivity contribution in [3.8, 4) is 0 Å². The Morgan fingerprint density at radius 1 is 1.50 bits per heavy atom. The number of nitrogens with one attached hydrogen (secondary N) is 1. The largest absolute Gasteiger partial charge is 0.359 e. The van der Waals surface area contributed by atoms with E-state index in [1.54, 1.807) is 0 Å². The lowest BCUT2D eigenvalue weighted by Gasteiger charge is -2.21. The minimum atomic E-state index is 0.554. The summed E-state index contributed by atoms with van der Waals surface area (Å²) in [5, 5.41) is 0. The molecule has 1 aromatic heterocycles. The van der Waals surface area contributed by atoms with Gasteiger partial charge in [0.2, 0.25) is 0 Å². The molecular formula is C8H14N2. The molecule has 56 valence electrons. The summed E-state index contributed by atoms with van der Waals surface area (Å²) in [7, 11) is 2.08. The Morgan fingerprint density at radius 3 is 2.60 bits per heavy atom. The molecule has 0 saturated heterocycles. The van der Waals surface area contributed by atoms with Gasteiger partial charge in [-0.05, 0) is 26.0 Å². The second kappa shape index (κ2) is 2.78. The van der Waals surface area contributed by atoms with Crippen molar-refractivity contribution in [1.29, 1.82) is 0 Å². The first-order valence-corrected chi connectivity index (χ1v) is 3.58. The van der Waals surface area contributed by atoms with Crippen LogP contribution in [0.5, 0.6) is 0 Å². The summed E-state index contributed by atoms with van der Waals surface area (Å²) >= 11 is 0. The number of H-pyrrole nitrogens is 1. The fourth-order valence-electron chi connectivity index (χ4n) is 0.818. The van der Waals surface area contributed by atoms with Crippen molar-refractivity contribution in [3.05, 3.63) is 18.3 Å². The molecule has 0 spiro atoms. The maximum Gasteiger partial charge on any atom is 0.105 e. The highest BCUT2D eigenvalue weighted by Crippen LogP contribution is 2.09. The standard InChI is InChI=1S/C8H14N2/c1-7(2)10(3)8-5-4-6-9-8/h4-7,9H,1-3H3. The summed E-state index contributed by atoms with van der Waals surface area (Å²) in [6.07, 6.45) is 1.94. The van der Waals surface area contributed by atoms with Gasteiger partial charge in [0.25, 0.3) is 0 Å². The van der Waals surface area contributed by atoms with Crippen molar-refractivity contribution in [2.24, 2.45) is 0 Å². The number of aromatic nitrogens is 1. The zero-order valence-corrected chi connectivity index (χ0v) is 6.76. The molecule has 1 rings (SSSR count). The number of aromatic amines is 1. The lowest BCUT2D eigenvalue weighted by atomic mass is 10.3. The quantitative estimate of drug-likeness (QED) is 0.661. The van der Waals surface area contributed by atoms with E-state index < -0.39 is 0 Å². The van der Waals surface area contributed by atoms with Crippen LogP contribution in [0.2, 0.25) is 0 Å². The van der Waals surface area contributed by atoms with Crippen LogP contribution in [0.4, 0.5) is 5.82 Å². The molecule has 0 saturated carbocycles. The van der Waals surface area contributed by atoms with Crippen LogP contribution in [0, 0.1) is 0 Å². The van der Waals surface area contributed by atoms with Gasteiger partial charge in [0, 0.05) is 19.3 Å². The Morgan fingerprint density at radius 2 is 2.20 bits per heavy atom. The SMILES string of the molecule is CC(C)N(C)c1ccc[nH]1. The number of nitrogens with zero attached hydrogens (tertiary/aromatic N) is 1. The summed E-state index contributed by atoms with van der Waals surface area (Å²) in [6.45, 7) is 4.34. The van der Waals surface area contributed by atoms with E-state index in [2.05, 4.69) is 36.8 Å². The van der Waals surface area contributed by atoms with Crippen molar-refractivity contribution >= 4 is 5.82 Å². The number of hydrogen-bond acceptors (Lipinski definition) is 1. The summed E-state index contributed by atoms with van der Waals surface area (Å²) in [5.74, 6) is 1.18. The van der Waals surface area contributed by atoms with Gasteiger partial charge >= 0.3 is 0 Å². The van der Waals surface area contributed by atoms with E-state index in [4.69, 9.17) is 0 Å². The first kappa shape index (κ1) is 7.19. The van der Waals surface area contributed by atoms with Crippen LogP contribution < -0.4 is 4.90 Å². The van der Waals surface area contributed by atoms with Gasteiger partial charge in [0.1, 0.15) is 5.82 Å². The molecule has 2 heteroatoms. The maximum atomic E-state index is 3.14. The number of hydrogen-bond donors (Lipinski definition) is 1. The second-order valence-electron chi connectivity index (χ2n) is 2.76. The molecule has 1 aromatic rings. The van der Waals surface area contributed by atoms with Crippen LogP contribution in [0.25, 0.3) is 0 Å². The van der Waals surface area contributed by atoms with Crippen LogP contribution in [-0.2, 0) is 0 Å². The Hall–Kier alpha value is -0.920. The summed E-state index contributed by atoms with van der Waals surface area (Å²) in [4.78, 5) is 5.34. The van der Waals surface area contributed by atoms with Crippen LogP contribution in [-0.4, -0.2) is 18.1 Å². The van der Waals surface area contributed by atoms with Crippen molar-refractivity contribution in [2.45, 2.75) is 19.9 Å². The van der Waals surface area contributed by atoms with Crippen LogP contribution >= 0.6 is 0 Å². The monoisotopic (exact) mass is 138 g/mol. The lowest BCUT2D eigenvalue weighted by molar-refractivity contribution is 0.746. The maximum absolute atomic E-state index is 3.14. The molecule has 2 nitrogen and oxygen atoms in total. The van der Waals surface area contributed by atoms with Crippen molar-refractivity contribution in [3.63, 3.8) is 0 Å². The van der Waals surface area contributed by atoms with E-state index in [-0.39, 0.29) is 0 Å². The van der Waals surface area contributed by atoms with E-state index in [9.17, 15) is 0 Å². The van der Waals surface area contributed by atoms with Crippen molar-refractivity contribution in [1.82, 2.24) is 4.98 Å². The molecule has 10 heavy (non-hydrogen) atoms. The zero-order valence-electron chi connectivity index (χ0n) is 6.76. The smallest absolute Gasteiger partial charge is 0.105 e. The molecule has 1 N–H and O–H groups in total. The van der Waals surface area contributed by atoms with Gasteiger partial charge in [-0.3, -0.25) is 0 Å². The molecule has 0 aromatic carbocycles. The highest BCUT2D eigenvalue weighted by atomic mass is 15.2. The van der Waals surface area contributed by atoms with E-state index in [1.165, 1.54) is 5.82 Å². The minimum absolute atomic E-state index is 0.554. The molecule has 0 fully saturated rings. The van der Waals surface area contributed by atoms with Gasteiger partial charge in [-0.15, -0.1) is 0 Å². The Balaban J connectivity index is 2.68. The highest BCUT2D eigenvalue weighted by Gasteiger charge is 2.02. The average molecular weight is 138 g/mol. The summed E-state index contributed by atoms with van der Waals surface area (Å²) in [5.41, 5.74) is 0. The summed E-state index contributed by atoms with van der Waals surface area (Å²) in [6, 6.07) is 4.63. The molecular weight excluding hydrogens is 124 g/mol. The molecule has 0 amide bonds. The van der Waals surface area contributed by atoms with E-state index >= 15 is 0 Å². The predicted octanol–water partition coefficient (Wildman–Crippen LogP) is 1.86. The van der Waals surface area contributed by atoms with Gasteiger partial charge in [-0.1, -0.05) is 0 Å². The van der Waals surface area contributed by atoms with Crippen molar-refractivity contribution in [2.75, 3.05) is 11.9 Å². The third kappa shape index (κ3) is 1.32. The van der Waals surface area contributed by atoms with Gasteiger partial charge in [-0.25, -0.2) is 0 Å². The topological polar surface area (TPSA) is 19.0 Å². The minimum Gasteiger partial charge on any atom is -0.359 e. The molecule has 0 aliphatic rings. The Kier molecular flexibility index (Phi) is 2.00. The number of rotatable bonds is 2. The van der Waals surface area contributed by atoms with Gasteiger partial charge in [0.15, 0.2) is 0 Å². The van der Waals surface area contributed by atoms with E-state index in [1.807, 2.05) is 12.3 Å². The van der Waals surface area contributed by atoms with E-state index in [0.29, 0.717) is 6.04 Å². The van der Waals surface area contributed by atoms with Crippen LogP contribution in [0.3, 0.4) is 0 Å². The molecule has 0 aliphatic carbocycles. The van der Waals surface area contributed by atoms with Crippen LogP contribution in [0.1, 0.15) is 13.8 Å². The normalized spacial score (nSPS) is 10.4. The Bertz CT molecular complexity index is 177. The fourth-order valence-corrected chi connectivity index (χ4v) is 0.818. The molecule has 0 aliphatic heterocycles. The first-order valence-electron chi connectivity index (χ1n) is 3.58. The van der Waals surface area contributed by atoms with Gasteiger partial charge < -0.3 is 9.88 Å². The zero-order chi connectivity index (χ0) is 7.56. The second-order valence-corrected chi connectivity index (χ2v) is 2.76. The average Bonchev–Trinajstić information content (AvgIpc) is 2.36. The summed E-state index contributed by atoms with van der Waals surface area (Å²) < 4.78 is 0. The third-order valence-electron chi connectivity index (χ3n) is 1.74. The molecule has 0 radical (unpaired) electrons. The molecule has 0 unspecified atom stereocenters. The van der Waals surface area contributed by atoms with E-state index in [0.717, 1.165) is 0 Å². The molecule has 1 heterocycles.